The summed E-state index contributed by atoms with van der Waals surface area (Å²) in [6.45, 7) is 7.36. The van der Waals surface area contributed by atoms with E-state index in [1.165, 1.54) is 6.20 Å². The summed E-state index contributed by atoms with van der Waals surface area (Å²) in [6, 6.07) is 3.21. The van der Waals surface area contributed by atoms with Crippen LogP contribution in [0.5, 0.6) is 0 Å². The number of halogens is 1. The maximum atomic E-state index is 12.0. The number of anilines is 1. The summed E-state index contributed by atoms with van der Waals surface area (Å²) in [5, 5.41) is 5.73. The van der Waals surface area contributed by atoms with E-state index in [1.54, 1.807) is 12.1 Å². The van der Waals surface area contributed by atoms with Gasteiger partial charge in [0.1, 0.15) is 5.82 Å². The first-order valence-corrected chi connectivity index (χ1v) is 8.27. The molecule has 0 aliphatic carbocycles. The van der Waals surface area contributed by atoms with E-state index in [2.05, 4.69) is 34.4 Å². The zero-order chi connectivity index (χ0) is 16.8. The van der Waals surface area contributed by atoms with Gasteiger partial charge in [-0.1, -0.05) is 25.4 Å². The average molecular weight is 339 g/mol. The molecule has 0 radical (unpaired) electrons. The van der Waals surface area contributed by atoms with Crippen LogP contribution in [-0.4, -0.2) is 47.4 Å². The number of rotatable bonds is 4. The van der Waals surface area contributed by atoms with Crippen molar-refractivity contribution in [1.82, 2.24) is 15.2 Å². The fraction of sp³-hybridized carbons (Fsp3) is 0.562. The van der Waals surface area contributed by atoms with Gasteiger partial charge in [0.25, 0.3) is 0 Å². The Morgan fingerprint density at radius 1 is 1.30 bits per heavy atom. The quantitative estimate of drug-likeness (QED) is 0.822. The van der Waals surface area contributed by atoms with Gasteiger partial charge < -0.3 is 15.5 Å². The number of piperidine rings is 1. The highest BCUT2D eigenvalue weighted by atomic mass is 35.5. The molecule has 126 valence electrons. The van der Waals surface area contributed by atoms with Crippen molar-refractivity contribution in [2.75, 3.05) is 25.0 Å². The van der Waals surface area contributed by atoms with Crippen LogP contribution in [0.25, 0.3) is 0 Å². The van der Waals surface area contributed by atoms with Crippen molar-refractivity contribution in [2.45, 2.75) is 32.7 Å². The normalized spacial score (nSPS) is 16.3. The Morgan fingerprint density at radius 3 is 2.57 bits per heavy atom. The Labute approximate surface area is 141 Å². The first-order chi connectivity index (χ1) is 10.9. The van der Waals surface area contributed by atoms with Crippen molar-refractivity contribution < 1.29 is 9.59 Å². The smallest absolute Gasteiger partial charge is 0.314 e. The summed E-state index contributed by atoms with van der Waals surface area (Å²) in [5.74, 6) is -0.381. The Kier molecular flexibility index (Phi) is 6.36. The van der Waals surface area contributed by atoms with Crippen molar-refractivity contribution in [2.24, 2.45) is 5.92 Å². The standard InChI is InChI=1S/C16H23ClN4O2/c1-11(2)10-21-7-5-13(6-8-21)19-15(22)16(23)20-14-4-3-12(17)9-18-14/h3-4,9,11,13H,5-8,10H2,1-2H3,(H,19,22)(H,18,20,23). The van der Waals surface area contributed by atoms with Gasteiger partial charge in [0.15, 0.2) is 0 Å². The zero-order valence-electron chi connectivity index (χ0n) is 13.5. The highest BCUT2D eigenvalue weighted by molar-refractivity contribution is 6.39. The minimum atomic E-state index is -0.704. The summed E-state index contributed by atoms with van der Waals surface area (Å²) < 4.78 is 0. The molecule has 1 fully saturated rings. The first kappa shape index (κ1) is 17.7. The fourth-order valence-corrected chi connectivity index (χ4v) is 2.76. The summed E-state index contributed by atoms with van der Waals surface area (Å²) >= 11 is 5.72. The number of hydrogen-bond donors (Lipinski definition) is 2. The summed E-state index contributed by atoms with van der Waals surface area (Å²) in [5.41, 5.74) is 0. The molecular weight excluding hydrogens is 316 g/mol. The lowest BCUT2D eigenvalue weighted by Gasteiger charge is -2.33. The second-order valence-corrected chi connectivity index (χ2v) is 6.69. The lowest BCUT2D eigenvalue weighted by atomic mass is 10.0. The molecule has 0 atom stereocenters. The summed E-state index contributed by atoms with van der Waals surface area (Å²) in [4.78, 5) is 30.2. The van der Waals surface area contributed by atoms with E-state index in [1.807, 2.05) is 0 Å². The van der Waals surface area contributed by atoms with E-state index < -0.39 is 11.8 Å². The number of hydrogen-bond acceptors (Lipinski definition) is 4. The molecule has 0 unspecified atom stereocenters. The second-order valence-electron chi connectivity index (χ2n) is 6.26. The molecule has 1 aromatic rings. The van der Waals surface area contributed by atoms with Gasteiger partial charge in [-0.05, 0) is 30.9 Å². The summed E-state index contributed by atoms with van der Waals surface area (Å²) in [6.07, 6.45) is 3.15. The number of carbonyl (C=O) groups excluding carboxylic acids is 2. The Hall–Kier alpha value is -1.66. The van der Waals surface area contributed by atoms with Crippen molar-refractivity contribution in [3.63, 3.8) is 0 Å². The minimum absolute atomic E-state index is 0.0508. The Balaban J connectivity index is 1.76. The van der Waals surface area contributed by atoms with Crippen molar-refractivity contribution in [3.05, 3.63) is 23.4 Å². The topological polar surface area (TPSA) is 74.3 Å². The molecule has 1 aliphatic heterocycles. The molecule has 2 N–H and O–H groups in total. The molecule has 2 amide bonds. The van der Waals surface area contributed by atoms with Crippen LogP contribution < -0.4 is 10.6 Å². The molecule has 0 spiro atoms. The van der Waals surface area contributed by atoms with Gasteiger partial charge >= 0.3 is 11.8 Å². The van der Waals surface area contributed by atoms with Crippen molar-refractivity contribution in [1.29, 1.82) is 0 Å². The maximum absolute atomic E-state index is 12.0. The third-order valence-corrected chi connectivity index (χ3v) is 3.94. The molecule has 6 nitrogen and oxygen atoms in total. The fourth-order valence-electron chi connectivity index (χ4n) is 2.65. The van der Waals surface area contributed by atoms with Crippen LogP contribution in [0.2, 0.25) is 5.02 Å². The SMILES string of the molecule is CC(C)CN1CCC(NC(=O)C(=O)Nc2ccc(Cl)cn2)CC1. The number of likely N-dealkylation sites (tertiary alicyclic amines) is 1. The molecule has 2 heterocycles. The lowest BCUT2D eigenvalue weighted by molar-refractivity contribution is -0.136. The van der Waals surface area contributed by atoms with Crippen LogP contribution in [-0.2, 0) is 9.59 Å². The number of nitrogens with zero attached hydrogens (tertiary/aromatic N) is 2. The average Bonchev–Trinajstić information content (AvgIpc) is 2.51. The number of nitrogens with one attached hydrogen (secondary N) is 2. The zero-order valence-corrected chi connectivity index (χ0v) is 14.3. The minimum Gasteiger partial charge on any atom is -0.345 e. The van der Waals surface area contributed by atoms with Gasteiger partial charge in [-0.2, -0.15) is 0 Å². The van der Waals surface area contributed by atoms with Crippen LogP contribution in [0.15, 0.2) is 18.3 Å². The molecule has 1 aromatic heterocycles. The van der Waals surface area contributed by atoms with E-state index in [0.717, 1.165) is 32.5 Å². The maximum Gasteiger partial charge on any atom is 0.314 e. The largest absolute Gasteiger partial charge is 0.345 e. The van der Waals surface area contributed by atoms with Crippen LogP contribution in [0.1, 0.15) is 26.7 Å². The molecular formula is C16H23ClN4O2. The number of pyridine rings is 1. The predicted molar refractivity (Wildman–Crippen MR) is 90.3 cm³/mol. The molecule has 23 heavy (non-hydrogen) atoms. The van der Waals surface area contributed by atoms with Crippen LogP contribution in [0.4, 0.5) is 5.82 Å². The van der Waals surface area contributed by atoms with Gasteiger partial charge in [0.2, 0.25) is 0 Å². The second kappa shape index (κ2) is 8.26. The number of amides is 2. The molecule has 0 saturated carbocycles. The van der Waals surface area contributed by atoms with Crippen LogP contribution in [0.3, 0.4) is 0 Å². The first-order valence-electron chi connectivity index (χ1n) is 7.90. The summed E-state index contributed by atoms with van der Waals surface area (Å²) in [7, 11) is 0. The highest BCUT2D eigenvalue weighted by Gasteiger charge is 2.23. The van der Waals surface area contributed by atoms with Crippen LogP contribution >= 0.6 is 11.6 Å². The predicted octanol–water partition coefficient (Wildman–Crippen LogP) is 1.91. The van der Waals surface area contributed by atoms with Gasteiger partial charge in [-0.25, -0.2) is 4.98 Å². The third kappa shape index (κ3) is 5.80. The third-order valence-electron chi connectivity index (χ3n) is 3.72. The molecule has 0 aromatic carbocycles. The van der Waals surface area contributed by atoms with E-state index in [-0.39, 0.29) is 6.04 Å². The Morgan fingerprint density at radius 2 is 2.00 bits per heavy atom. The highest BCUT2D eigenvalue weighted by Crippen LogP contribution is 2.12. The Bertz CT molecular complexity index is 540. The molecule has 1 saturated heterocycles. The van der Waals surface area contributed by atoms with E-state index >= 15 is 0 Å². The van der Waals surface area contributed by atoms with E-state index in [0.29, 0.717) is 16.8 Å². The molecule has 1 aliphatic rings. The van der Waals surface area contributed by atoms with E-state index in [4.69, 9.17) is 11.6 Å². The number of carbonyl (C=O) groups is 2. The van der Waals surface area contributed by atoms with Gasteiger partial charge in [0, 0.05) is 31.9 Å². The number of aromatic nitrogens is 1. The van der Waals surface area contributed by atoms with E-state index in [9.17, 15) is 9.59 Å². The van der Waals surface area contributed by atoms with Crippen molar-refractivity contribution >= 4 is 29.2 Å². The lowest BCUT2D eigenvalue weighted by Crippen LogP contribution is -2.48. The van der Waals surface area contributed by atoms with Gasteiger partial charge in [-0.3, -0.25) is 9.59 Å². The van der Waals surface area contributed by atoms with Gasteiger partial charge in [0.05, 0.1) is 5.02 Å². The molecule has 7 heteroatoms. The molecule has 2 rings (SSSR count). The van der Waals surface area contributed by atoms with Crippen LogP contribution in [0, 0.1) is 5.92 Å². The van der Waals surface area contributed by atoms with Crippen molar-refractivity contribution in [3.8, 4) is 0 Å². The van der Waals surface area contributed by atoms with Gasteiger partial charge in [-0.15, -0.1) is 0 Å². The monoisotopic (exact) mass is 338 g/mol. The molecule has 0 bridgehead atoms.